The SMILES string of the molecule is CC(C)(C)C(=O)C1(O)CCC1. The second-order valence-corrected chi connectivity index (χ2v) is 4.46. The average molecular weight is 156 g/mol. The lowest BCUT2D eigenvalue weighted by molar-refractivity contribution is -0.154. The molecule has 11 heavy (non-hydrogen) atoms. The zero-order valence-corrected chi connectivity index (χ0v) is 7.48. The van der Waals surface area contributed by atoms with Crippen LogP contribution in [0.4, 0.5) is 0 Å². The van der Waals surface area contributed by atoms with E-state index in [-0.39, 0.29) is 5.78 Å². The van der Waals surface area contributed by atoms with E-state index in [0.29, 0.717) is 12.8 Å². The average Bonchev–Trinajstić information content (AvgIpc) is 1.79. The van der Waals surface area contributed by atoms with Crippen molar-refractivity contribution in [2.24, 2.45) is 5.41 Å². The summed E-state index contributed by atoms with van der Waals surface area (Å²) in [6.07, 6.45) is 2.30. The Morgan fingerprint density at radius 2 is 1.82 bits per heavy atom. The van der Waals surface area contributed by atoms with Gasteiger partial charge >= 0.3 is 0 Å². The van der Waals surface area contributed by atoms with Crippen LogP contribution in [-0.4, -0.2) is 16.5 Å². The van der Waals surface area contributed by atoms with Crippen molar-refractivity contribution >= 4 is 5.78 Å². The van der Waals surface area contributed by atoms with E-state index in [1.165, 1.54) is 0 Å². The van der Waals surface area contributed by atoms with Crippen LogP contribution in [0.2, 0.25) is 0 Å². The highest BCUT2D eigenvalue weighted by Gasteiger charge is 2.46. The Labute approximate surface area is 67.6 Å². The minimum Gasteiger partial charge on any atom is -0.382 e. The van der Waals surface area contributed by atoms with Crippen LogP contribution in [0.1, 0.15) is 40.0 Å². The van der Waals surface area contributed by atoms with Gasteiger partial charge in [-0.05, 0) is 19.3 Å². The lowest BCUT2D eigenvalue weighted by Crippen LogP contribution is -2.50. The van der Waals surface area contributed by atoms with Gasteiger partial charge in [-0.25, -0.2) is 0 Å². The van der Waals surface area contributed by atoms with Crippen molar-refractivity contribution in [2.75, 3.05) is 0 Å². The number of Topliss-reactive ketones (excluding diaryl/α,β-unsaturated/α-hetero) is 1. The minimum absolute atomic E-state index is 0.00347. The largest absolute Gasteiger partial charge is 0.382 e. The summed E-state index contributed by atoms with van der Waals surface area (Å²) in [5, 5.41) is 9.66. The first-order chi connectivity index (χ1) is 4.86. The van der Waals surface area contributed by atoms with Crippen molar-refractivity contribution in [1.29, 1.82) is 0 Å². The van der Waals surface area contributed by atoms with Crippen LogP contribution in [0, 0.1) is 5.41 Å². The molecule has 1 saturated carbocycles. The molecule has 0 atom stereocenters. The number of aliphatic hydroxyl groups is 1. The molecule has 0 heterocycles. The van der Waals surface area contributed by atoms with Crippen molar-refractivity contribution in [2.45, 2.75) is 45.6 Å². The fourth-order valence-corrected chi connectivity index (χ4v) is 1.44. The number of ketones is 1. The summed E-state index contributed by atoms with van der Waals surface area (Å²) in [5.41, 5.74) is -1.37. The van der Waals surface area contributed by atoms with Gasteiger partial charge in [0.15, 0.2) is 5.78 Å². The molecule has 64 valence electrons. The summed E-state index contributed by atoms with van der Waals surface area (Å²) in [4.78, 5) is 11.5. The molecule has 0 aromatic carbocycles. The fourth-order valence-electron chi connectivity index (χ4n) is 1.44. The van der Waals surface area contributed by atoms with E-state index in [1.807, 2.05) is 20.8 Å². The Bertz CT molecular complexity index is 172. The van der Waals surface area contributed by atoms with Crippen LogP contribution in [0.5, 0.6) is 0 Å². The van der Waals surface area contributed by atoms with Crippen LogP contribution >= 0.6 is 0 Å². The van der Waals surface area contributed by atoms with E-state index in [1.54, 1.807) is 0 Å². The predicted molar refractivity (Wildman–Crippen MR) is 43.3 cm³/mol. The number of carbonyl (C=O) groups excluding carboxylic acids is 1. The molecule has 0 saturated heterocycles. The van der Waals surface area contributed by atoms with E-state index in [9.17, 15) is 9.90 Å². The van der Waals surface area contributed by atoms with Crippen LogP contribution in [-0.2, 0) is 4.79 Å². The molecule has 0 unspecified atom stereocenters. The first-order valence-electron chi connectivity index (χ1n) is 4.13. The van der Waals surface area contributed by atoms with E-state index in [2.05, 4.69) is 0 Å². The number of rotatable bonds is 1. The molecule has 0 aromatic heterocycles. The summed E-state index contributed by atoms with van der Waals surface area (Å²) < 4.78 is 0. The van der Waals surface area contributed by atoms with Gasteiger partial charge in [0.1, 0.15) is 5.60 Å². The van der Waals surface area contributed by atoms with E-state index < -0.39 is 11.0 Å². The second-order valence-electron chi connectivity index (χ2n) is 4.46. The van der Waals surface area contributed by atoms with Gasteiger partial charge in [0, 0.05) is 5.41 Å². The highest BCUT2D eigenvalue weighted by molar-refractivity contribution is 5.92. The Kier molecular flexibility index (Phi) is 1.83. The first-order valence-corrected chi connectivity index (χ1v) is 4.13. The van der Waals surface area contributed by atoms with E-state index in [4.69, 9.17) is 0 Å². The lowest BCUT2D eigenvalue weighted by Gasteiger charge is -2.39. The summed E-state index contributed by atoms with van der Waals surface area (Å²) in [7, 11) is 0. The van der Waals surface area contributed by atoms with Crippen molar-refractivity contribution < 1.29 is 9.90 Å². The van der Waals surface area contributed by atoms with Gasteiger partial charge in [-0.15, -0.1) is 0 Å². The molecule has 1 fully saturated rings. The molecule has 2 heteroatoms. The zero-order chi connectivity index (χ0) is 8.70. The van der Waals surface area contributed by atoms with Crippen molar-refractivity contribution in [3.05, 3.63) is 0 Å². The molecule has 0 bridgehead atoms. The second kappa shape index (κ2) is 2.31. The number of carbonyl (C=O) groups is 1. The standard InChI is InChI=1S/C9H16O2/c1-8(2,3)7(10)9(11)5-4-6-9/h11H,4-6H2,1-3H3. The molecule has 0 aliphatic heterocycles. The highest BCUT2D eigenvalue weighted by atomic mass is 16.3. The lowest BCUT2D eigenvalue weighted by atomic mass is 9.69. The van der Waals surface area contributed by atoms with Crippen LogP contribution < -0.4 is 0 Å². The molecular formula is C9H16O2. The quantitative estimate of drug-likeness (QED) is 0.625. The van der Waals surface area contributed by atoms with Crippen molar-refractivity contribution in [3.63, 3.8) is 0 Å². The Morgan fingerprint density at radius 3 is 1.91 bits per heavy atom. The molecule has 1 N–H and O–H groups in total. The Hall–Kier alpha value is -0.370. The highest BCUT2D eigenvalue weighted by Crippen LogP contribution is 2.37. The molecule has 1 rings (SSSR count). The zero-order valence-electron chi connectivity index (χ0n) is 7.48. The van der Waals surface area contributed by atoms with Gasteiger partial charge in [-0.2, -0.15) is 0 Å². The van der Waals surface area contributed by atoms with Crippen molar-refractivity contribution in [3.8, 4) is 0 Å². The molecule has 0 amide bonds. The number of hydrogen-bond donors (Lipinski definition) is 1. The molecule has 1 aliphatic carbocycles. The first kappa shape index (κ1) is 8.72. The smallest absolute Gasteiger partial charge is 0.169 e. The topological polar surface area (TPSA) is 37.3 Å². The predicted octanol–water partition coefficient (Wildman–Crippen LogP) is 1.52. The molecule has 0 spiro atoms. The van der Waals surface area contributed by atoms with Crippen LogP contribution in [0.25, 0.3) is 0 Å². The van der Waals surface area contributed by atoms with Gasteiger partial charge < -0.3 is 5.11 Å². The normalized spacial score (nSPS) is 22.5. The van der Waals surface area contributed by atoms with Crippen LogP contribution in [0.15, 0.2) is 0 Å². The van der Waals surface area contributed by atoms with Gasteiger partial charge in [0.2, 0.25) is 0 Å². The summed E-state index contributed by atoms with van der Waals surface area (Å²) in [6.45, 7) is 5.56. The molecule has 0 radical (unpaired) electrons. The fraction of sp³-hybridized carbons (Fsp3) is 0.889. The Balaban J connectivity index is 2.68. The third kappa shape index (κ3) is 1.45. The molecule has 0 aromatic rings. The molecular weight excluding hydrogens is 140 g/mol. The maximum absolute atomic E-state index is 11.5. The summed E-state index contributed by atoms with van der Waals surface area (Å²) in [5.74, 6) is -0.00347. The Morgan fingerprint density at radius 1 is 1.36 bits per heavy atom. The van der Waals surface area contributed by atoms with Crippen LogP contribution in [0.3, 0.4) is 0 Å². The third-order valence-electron chi connectivity index (χ3n) is 2.28. The van der Waals surface area contributed by atoms with Gasteiger partial charge in [0.05, 0.1) is 0 Å². The maximum atomic E-state index is 11.5. The van der Waals surface area contributed by atoms with Crippen molar-refractivity contribution in [1.82, 2.24) is 0 Å². The third-order valence-corrected chi connectivity index (χ3v) is 2.28. The van der Waals surface area contributed by atoms with Gasteiger partial charge in [-0.3, -0.25) is 4.79 Å². The monoisotopic (exact) mass is 156 g/mol. The molecule has 2 nitrogen and oxygen atoms in total. The summed E-state index contributed by atoms with van der Waals surface area (Å²) >= 11 is 0. The maximum Gasteiger partial charge on any atom is 0.169 e. The summed E-state index contributed by atoms with van der Waals surface area (Å²) in [6, 6.07) is 0. The minimum atomic E-state index is -0.974. The van der Waals surface area contributed by atoms with E-state index in [0.717, 1.165) is 6.42 Å². The molecule has 1 aliphatic rings. The van der Waals surface area contributed by atoms with Gasteiger partial charge in [0.25, 0.3) is 0 Å². The van der Waals surface area contributed by atoms with Gasteiger partial charge in [-0.1, -0.05) is 20.8 Å². The number of hydrogen-bond acceptors (Lipinski definition) is 2. The van der Waals surface area contributed by atoms with E-state index >= 15 is 0 Å².